The van der Waals surface area contributed by atoms with Gasteiger partial charge >= 0.3 is 0 Å². The average Bonchev–Trinajstić information content (AvgIpc) is 2.60. The van der Waals surface area contributed by atoms with Gasteiger partial charge in [-0.25, -0.2) is 13.8 Å². The first-order valence-electron chi connectivity index (χ1n) is 5.32. The first-order valence-corrected chi connectivity index (χ1v) is 5.32. The Morgan fingerprint density at radius 3 is 2.65 bits per heavy atom. The lowest BCUT2D eigenvalue weighted by atomic mass is 10.1. The predicted octanol–water partition coefficient (Wildman–Crippen LogP) is 3.79. The summed E-state index contributed by atoms with van der Waals surface area (Å²) in [4.78, 5) is 4.22. The summed E-state index contributed by atoms with van der Waals surface area (Å²) < 4.78 is 28.4. The van der Waals surface area contributed by atoms with Gasteiger partial charge in [0, 0.05) is 18.7 Å². The maximum Gasteiger partial charge on any atom is 0.271 e. The topological polar surface area (TPSA) is 17.3 Å². The van der Waals surface area contributed by atoms with Crippen molar-refractivity contribution < 1.29 is 8.78 Å². The predicted molar refractivity (Wildman–Crippen MR) is 64.2 cm³/mol. The molecule has 0 bridgehead atoms. The number of hydrogen-bond acceptors (Lipinski definition) is 1. The van der Waals surface area contributed by atoms with Crippen LogP contribution in [0.1, 0.15) is 30.7 Å². The van der Waals surface area contributed by atoms with E-state index in [1.807, 2.05) is 6.92 Å². The quantitative estimate of drug-likeness (QED) is 0.775. The summed E-state index contributed by atoms with van der Waals surface area (Å²) in [5.74, 6) is -2.85. The van der Waals surface area contributed by atoms with Crippen LogP contribution in [0.25, 0.3) is 11.2 Å². The molecule has 0 saturated carbocycles. The molecule has 4 heteroatoms. The van der Waals surface area contributed by atoms with Crippen molar-refractivity contribution in [2.45, 2.75) is 26.7 Å². The van der Waals surface area contributed by atoms with E-state index in [2.05, 4.69) is 11.6 Å². The van der Waals surface area contributed by atoms with Gasteiger partial charge in [-0.1, -0.05) is 6.58 Å². The van der Waals surface area contributed by atoms with Crippen LogP contribution in [-0.2, 0) is 5.92 Å². The lowest BCUT2D eigenvalue weighted by Gasteiger charge is -2.13. The summed E-state index contributed by atoms with van der Waals surface area (Å²) in [5.41, 5.74) is 2.97. The van der Waals surface area contributed by atoms with Crippen molar-refractivity contribution in [1.82, 2.24) is 9.38 Å². The molecule has 0 atom stereocenters. The maximum atomic E-state index is 13.3. The van der Waals surface area contributed by atoms with E-state index < -0.39 is 5.92 Å². The van der Waals surface area contributed by atoms with Crippen LogP contribution < -0.4 is 0 Å². The number of nitrogens with zero attached hydrogens (tertiary/aromatic N) is 2. The average molecular weight is 236 g/mol. The first kappa shape index (κ1) is 11.8. The third kappa shape index (κ3) is 1.95. The smallest absolute Gasteiger partial charge is 0.271 e. The Labute approximate surface area is 98.6 Å². The second-order valence-electron chi connectivity index (χ2n) is 4.42. The zero-order valence-corrected chi connectivity index (χ0v) is 10.1. The highest BCUT2D eigenvalue weighted by Gasteiger charge is 2.25. The largest absolute Gasteiger partial charge is 0.299 e. The highest BCUT2D eigenvalue weighted by Crippen LogP contribution is 2.29. The van der Waals surface area contributed by atoms with Gasteiger partial charge in [0.05, 0.1) is 11.9 Å². The highest BCUT2D eigenvalue weighted by atomic mass is 19.3. The molecule has 0 aliphatic rings. The minimum absolute atomic E-state index is 0.0111. The third-order valence-corrected chi connectivity index (χ3v) is 2.73. The van der Waals surface area contributed by atoms with E-state index in [4.69, 9.17) is 0 Å². The fraction of sp³-hybridized carbons (Fsp3) is 0.308. The van der Waals surface area contributed by atoms with Gasteiger partial charge in [0.15, 0.2) is 0 Å². The molecule has 0 saturated heterocycles. The van der Waals surface area contributed by atoms with E-state index >= 15 is 0 Å². The lowest BCUT2D eigenvalue weighted by Crippen LogP contribution is -2.09. The summed E-state index contributed by atoms with van der Waals surface area (Å²) >= 11 is 0. The minimum Gasteiger partial charge on any atom is -0.299 e. The summed E-state index contributed by atoms with van der Waals surface area (Å²) in [6.45, 7) is 8.32. The van der Waals surface area contributed by atoms with Gasteiger partial charge in [0.2, 0.25) is 0 Å². The fourth-order valence-electron chi connectivity index (χ4n) is 1.81. The molecule has 0 radical (unpaired) electrons. The molecule has 0 spiro atoms. The fourth-order valence-corrected chi connectivity index (χ4v) is 1.81. The van der Waals surface area contributed by atoms with Gasteiger partial charge in [0.1, 0.15) is 5.65 Å². The molecule has 2 heterocycles. The number of hydrogen-bond donors (Lipinski definition) is 0. The first-order chi connectivity index (χ1) is 7.80. The van der Waals surface area contributed by atoms with Gasteiger partial charge in [-0.05, 0) is 31.1 Å². The molecule has 0 aliphatic heterocycles. The molecule has 90 valence electrons. The van der Waals surface area contributed by atoms with Crippen molar-refractivity contribution in [2.75, 3.05) is 0 Å². The molecular formula is C13H14F2N2. The van der Waals surface area contributed by atoms with Crippen LogP contribution in [0.3, 0.4) is 0 Å². The Bertz CT molecular complexity index is 591. The minimum atomic E-state index is -2.85. The van der Waals surface area contributed by atoms with Crippen LogP contribution in [0.5, 0.6) is 0 Å². The van der Waals surface area contributed by atoms with E-state index in [-0.39, 0.29) is 5.56 Å². The molecule has 0 unspecified atom stereocenters. The molecule has 0 amide bonds. The SMILES string of the molecule is C=C(C)c1cnc2c(C)cc(C(C)(F)F)cn12. The molecule has 0 N–H and O–H groups in total. The normalized spacial score (nSPS) is 12.1. The number of imidazole rings is 1. The van der Waals surface area contributed by atoms with E-state index in [1.54, 1.807) is 17.5 Å². The third-order valence-electron chi connectivity index (χ3n) is 2.73. The number of aromatic nitrogens is 2. The summed E-state index contributed by atoms with van der Waals surface area (Å²) in [6, 6.07) is 1.48. The molecule has 0 fully saturated rings. The Morgan fingerprint density at radius 1 is 1.47 bits per heavy atom. The number of halogens is 2. The molecule has 2 rings (SSSR count). The molecular weight excluding hydrogens is 222 g/mol. The molecule has 2 aromatic heterocycles. The van der Waals surface area contributed by atoms with Crippen LogP contribution in [-0.4, -0.2) is 9.38 Å². The van der Waals surface area contributed by atoms with E-state index in [9.17, 15) is 8.78 Å². The number of aryl methyl sites for hydroxylation is 1. The lowest BCUT2D eigenvalue weighted by molar-refractivity contribution is 0.0170. The van der Waals surface area contributed by atoms with Gasteiger partial charge in [-0.2, -0.15) is 0 Å². The van der Waals surface area contributed by atoms with Gasteiger partial charge in [0.25, 0.3) is 5.92 Å². The second-order valence-corrected chi connectivity index (χ2v) is 4.42. The van der Waals surface area contributed by atoms with Crippen LogP contribution in [0, 0.1) is 6.92 Å². The summed E-state index contributed by atoms with van der Waals surface area (Å²) in [5, 5.41) is 0. The van der Waals surface area contributed by atoms with E-state index in [0.29, 0.717) is 5.65 Å². The van der Waals surface area contributed by atoms with Crippen LogP contribution in [0.2, 0.25) is 0 Å². The number of pyridine rings is 1. The van der Waals surface area contributed by atoms with E-state index in [0.717, 1.165) is 23.8 Å². The molecule has 2 aromatic rings. The van der Waals surface area contributed by atoms with Gasteiger partial charge in [-0.3, -0.25) is 4.40 Å². The van der Waals surface area contributed by atoms with E-state index in [1.165, 1.54) is 12.3 Å². The van der Waals surface area contributed by atoms with Crippen molar-refractivity contribution in [3.05, 3.63) is 41.9 Å². The molecule has 0 aromatic carbocycles. The maximum absolute atomic E-state index is 13.3. The van der Waals surface area contributed by atoms with Crippen molar-refractivity contribution in [3.8, 4) is 0 Å². The van der Waals surface area contributed by atoms with Crippen molar-refractivity contribution >= 4 is 11.2 Å². The van der Waals surface area contributed by atoms with Crippen molar-refractivity contribution in [1.29, 1.82) is 0 Å². The summed E-state index contributed by atoms with van der Waals surface area (Å²) in [7, 11) is 0. The Balaban J connectivity index is 2.78. The Hall–Kier alpha value is -1.71. The second kappa shape index (κ2) is 3.65. The zero-order valence-electron chi connectivity index (χ0n) is 10.1. The van der Waals surface area contributed by atoms with Crippen LogP contribution in [0.15, 0.2) is 25.0 Å². The molecule has 17 heavy (non-hydrogen) atoms. The number of alkyl halides is 2. The zero-order chi connectivity index (χ0) is 12.8. The standard InChI is InChI=1S/C13H14F2N2/c1-8(2)11-6-16-12-9(3)5-10(7-17(11)12)13(4,14)15/h5-7H,1H2,2-4H3. The Kier molecular flexibility index (Phi) is 2.53. The monoisotopic (exact) mass is 236 g/mol. The van der Waals surface area contributed by atoms with Crippen molar-refractivity contribution in [2.24, 2.45) is 0 Å². The number of fused-ring (bicyclic) bond motifs is 1. The Morgan fingerprint density at radius 2 is 2.12 bits per heavy atom. The van der Waals surface area contributed by atoms with Gasteiger partial charge < -0.3 is 0 Å². The van der Waals surface area contributed by atoms with Crippen LogP contribution >= 0.6 is 0 Å². The number of allylic oxidation sites excluding steroid dienone is 1. The van der Waals surface area contributed by atoms with Crippen molar-refractivity contribution in [3.63, 3.8) is 0 Å². The molecule has 0 aliphatic carbocycles. The molecule has 2 nitrogen and oxygen atoms in total. The van der Waals surface area contributed by atoms with Crippen LogP contribution in [0.4, 0.5) is 8.78 Å². The van der Waals surface area contributed by atoms with Gasteiger partial charge in [-0.15, -0.1) is 0 Å². The number of rotatable bonds is 2. The highest BCUT2D eigenvalue weighted by molar-refractivity contribution is 5.63. The summed E-state index contributed by atoms with van der Waals surface area (Å²) in [6.07, 6.45) is 3.08.